The second-order valence-electron chi connectivity index (χ2n) is 6.32. The summed E-state index contributed by atoms with van der Waals surface area (Å²) in [7, 11) is 0. The van der Waals surface area contributed by atoms with E-state index < -0.39 is 11.2 Å². The highest BCUT2D eigenvalue weighted by atomic mass is 16.2. The lowest BCUT2D eigenvalue weighted by atomic mass is 10.1. The van der Waals surface area contributed by atoms with Gasteiger partial charge in [-0.25, -0.2) is 9.36 Å². The molecule has 0 atom stereocenters. The number of hydrogen-bond acceptors (Lipinski definition) is 3. The summed E-state index contributed by atoms with van der Waals surface area (Å²) in [5, 5.41) is 3.24. The number of carbonyl (C=O) groups is 1. The summed E-state index contributed by atoms with van der Waals surface area (Å²) in [6.45, 7) is 0.670. The molecule has 126 valence electrons. The third kappa shape index (κ3) is 2.98. The van der Waals surface area contributed by atoms with Crippen LogP contribution in [0.3, 0.4) is 0 Å². The largest absolute Gasteiger partial charge is 0.352 e. The molecule has 0 saturated heterocycles. The molecule has 1 aliphatic rings. The summed E-state index contributed by atoms with van der Waals surface area (Å²) in [5.74, 6) is 0.393. The van der Waals surface area contributed by atoms with Gasteiger partial charge >= 0.3 is 5.69 Å². The van der Waals surface area contributed by atoms with Crippen LogP contribution in [0.2, 0.25) is 0 Å². The van der Waals surface area contributed by atoms with Crippen molar-refractivity contribution >= 4 is 16.8 Å². The molecule has 0 bridgehead atoms. The molecule has 0 radical (unpaired) electrons. The topological polar surface area (TPSA) is 84.0 Å². The Hall–Kier alpha value is -3.15. The van der Waals surface area contributed by atoms with Crippen LogP contribution < -0.4 is 16.6 Å². The zero-order valence-corrected chi connectivity index (χ0v) is 13.5. The van der Waals surface area contributed by atoms with Crippen LogP contribution in [0, 0.1) is 5.92 Å². The van der Waals surface area contributed by atoms with E-state index in [4.69, 9.17) is 0 Å². The Labute approximate surface area is 143 Å². The van der Waals surface area contributed by atoms with Crippen LogP contribution in [0.25, 0.3) is 16.6 Å². The first-order chi connectivity index (χ1) is 12.1. The van der Waals surface area contributed by atoms with Crippen LogP contribution in [-0.4, -0.2) is 22.0 Å². The monoisotopic (exact) mass is 335 g/mol. The van der Waals surface area contributed by atoms with Gasteiger partial charge in [-0.05, 0) is 49.1 Å². The second kappa shape index (κ2) is 6.05. The third-order valence-electron chi connectivity index (χ3n) is 4.42. The number of benzene rings is 2. The number of hydrogen-bond donors (Lipinski definition) is 2. The van der Waals surface area contributed by atoms with Crippen molar-refractivity contribution in [2.24, 2.45) is 5.92 Å². The van der Waals surface area contributed by atoms with Crippen LogP contribution in [0.4, 0.5) is 0 Å². The van der Waals surface area contributed by atoms with Gasteiger partial charge in [0.25, 0.3) is 11.5 Å². The van der Waals surface area contributed by atoms with Gasteiger partial charge in [0, 0.05) is 12.1 Å². The standard InChI is InChI=1S/C19H17N3O3/c23-17(20-11-12-6-7-12)13-8-9-15-16(10-13)21-19(25)22(18(15)24)14-4-2-1-3-5-14/h1-5,8-10,12H,6-7,11H2,(H,20,23)(H,21,25). The Balaban J connectivity index is 1.76. The molecule has 6 heteroatoms. The minimum atomic E-state index is -0.528. The van der Waals surface area contributed by atoms with E-state index in [1.54, 1.807) is 42.5 Å². The number of nitrogens with one attached hydrogen (secondary N) is 2. The highest BCUT2D eigenvalue weighted by Crippen LogP contribution is 2.27. The fourth-order valence-corrected chi connectivity index (χ4v) is 2.83. The maximum Gasteiger partial charge on any atom is 0.333 e. The lowest BCUT2D eigenvalue weighted by molar-refractivity contribution is 0.0952. The SMILES string of the molecule is O=C(NCC1CC1)c1ccc2c(=O)n(-c3ccccc3)c(=O)[nH]c2c1. The van der Waals surface area contributed by atoms with Crippen molar-refractivity contribution in [1.29, 1.82) is 0 Å². The first kappa shape index (κ1) is 15.4. The quantitative estimate of drug-likeness (QED) is 0.763. The van der Waals surface area contributed by atoms with E-state index in [2.05, 4.69) is 10.3 Å². The number of aromatic amines is 1. The van der Waals surface area contributed by atoms with E-state index in [0.29, 0.717) is 34.6 Å². The second-order valence-corrected chi connectivity index (χ2v) is 6.32. The predicted molar refractivity (Wildman–Crippen MR) is 95.2 cm³/mol. The van der Waals surface area contributed by atoms with Gasteiger partial charge in [0.15, 0.2) is 0 Å². The molecule has 4 rings (SSSR count). The first-order valence-corrected chi connectivity index (χ1v) is 8.26. The van der Waals surface area contributed by atoms with Crippen LogP contribution in [-0.2, 0) is 0 Å². The van der Waals surface area contributed by atoms with Crippen LogP contribution in [0.5, 0.6) is 0 Å². The number of aromatic nitrogens is 2. The average molecular weight is 335 g/mol. The molecule has 1 aliphatic carbocycles. The van der Waals surface area contributed by atoms with Crippen molar-refractivity contribution in [3.8, 4) is 5.69 Å². The Morgan fingerprint density at radius 2 is 1.88 bits per heavy atom. The zero-order valence-electron chi connectivity index (χ0n) is 13.5. The average Bonchev–Trinajstić information content (AvgIpc) is 3.44. The molecule has 1 amide bonds. The summed E-state index contributed by atoms with van der Waals surface area (Å²) in [6.07, 6.45) is 2.31. The molecular formula is C19H17N3O3. The van der Waals surface area contributed by atoms with Gasteiger partial charge in [-0.3, -0.25) is 9.59 Å². The number of rotatable bonds is 4. The molecule has 0 aliphatic heterocycles. The van der Waals surface area contributed by atoms with Gasteiger partial charge in [-0.1, -0.05) is 18.2 Å². The van der Waals surface area contributed by atoms with Gasteiger partial charge in [0.2, 0.25) is 0 Å². The Kier molecular flexibility index (Phi) is 3.72. The van der Waals surface area contributed by atoms with Crippen LogP contribution in [0.15, 0.2) is 58.1 Å². The van der Waals surface area contributed by atoms with E-state index in [1.807, 2.05) is 6.07 Å². The molecule has 0 unspecified atom stereocenters. The number of para-hydroxylation sites is 1. The number of carbonyl (C=O) groups excluding carboxylic acids is 1. The number of fused-ring (bicyclic) bond motifs is 1. The maximum atomic E-state index is 12.7. The van der Waals surface area contributed by atoms with Crippen molar-refractivity contribution in [1.82, 2.24) is 14.9 Å². The van der Waals surface area contributed by atoms with E-state index in [0.717, 1.165) is 17.4 Å². The van der Waals surface area contributed by atoms with Crippen molar-refractivity contribution in [2.75, 3.05) is 6.54 Å². The fourth-order valence-electron chi connectivity index (χ4n) is 2.83. The molecule has 0 spiro atoms. The highest BCUT2D eigenvalue weighted by molar-refractivity contribution is 5.97. The summed E-state index contributed by atoms with van der Waals surface area (Å²) >= 11 is 0. The van der Waals surface area contributed by atoms with E-state index in [1.165, 1.54) is 0 Å². The van der Waals surface area contributed by atoms with Crippen molar-refractivity contribution in [3.63, 3.8) is 0 Å². The van der Waals surface area contributed by atoms with Gasteiger partial charge in [0.05, 0.1) is 16.6 Å². The van der Waals surface area contributed by atoms with Crippen molar-refractivity contribution < 1.29 is 4.79 Å². The zero-order chi connectivity index (χ0) is 17.4. The van der Waals surface area contributed by atoms with E-state index >= 15 is 0 Å². The first-order valence-electron chi connectivity index (χ1n) is 8.26. The Bertz CT molecular complexity index is 1060. The summed E-state index contributed by atoms with van der Waals surface area (Å²) in [6, 6.07) is 13.5. The molecule has 2 aromatic carbocycles. The molecule has 1 heterocycles. The number of H-pyrrole nitrogens is 1. The normalized spacial score (nSPS) is 13.8. The molecule has 1 fully saturated rings. The van der Waals surface area contributed by atoms with Gasteiger partial charge in [-0.2, -0.15) is 0 Å². The Morgan fingerprint density at radius 3 is 2.60 bits per heavy atom. The lowest BCUT2D eigenvalue weighted by Crippen LogP contribution is -2.33. The molecular weight excluding hydrogens is 318 g/mol. The molecule has 1 saturated carbocycles. The summed E-state index contributed by atoms with van der Waals surface area (Å²) < 4.78 is 1.09. The molecule has 25 heavy (non-hydrogen) atoms. The highest BCUT2D eigenvalue weighted by Gasteiger charge is 2.22. The molecule has 2 N–H and O–H groups in total. The van der Waals surface area contributed by atoms with Crippen molar-refractivity contribution in [3.05, 3.63) is 74.9 Å². The predicted octanol–water partition coefficient (Wildman–Crippen LogP) is 1.82. The minimum absolute atomic E-state index is 0.193. The lowest BCUT2D eigenvalue weighted by Gasteiger charge is -2.08. The molecule has 1 aromatic heterocycles. The number of amides is 1. The van der Waals surface area contributed by atoms with Crippen LogP contribution >= 0.6 is 0 Å². The van der Waals surface area contributed by atoms with E-state index in [9.17, 15) is 14.4 Å². The summed E-state index contributed by atoms with van der Waals surface area (Å²) in [5.41, 5.74) is 0.359. The van der Waals surface area contributed by atoms with Crippen LogP contribution in [0.1, 0.15) is 23.2 Å². The fraction of sp³-hybridized carbons (Fsp3) is 0.211. The van der Waals surface area contributed by atoms with E-state index in [-0.39, 0.29) is 5.91 Å². The smallest absolute Gasteiger partial charge is 0.333 e. The maximum absolute atomic E-state index is 12.7. The van der Waals surface area contributed by atoms with Gasteiger partial charge < -0.3 is 10.3 Å². The molecule has 3 aromatic rings. The number of nitrogens with zero attached hydrogens (tertiary/aromatic N) is 1. The Morgan fingerprint density at radius 1 is 1.12 bits per heavy atom. The van der Waals surface area contributed by atoms with Crippen molar-refractivity contribution in [2.45, 2.75) is 12.8 Å². The molecule has 6 nitrogen and oxygen atoms in total. The van der Waals surface area contributed by atoms with Gasteiger partial charge in [0.1, 0.15) is 0 Å². The third-order valence-corrected chi connectivity index (χ3v) is 4.42. The minimum Gasteiger partial charge on any atom is -0.352 e. The van der Waals surface area contributed by atoms with Gasteiger partial charge in [-0.15, -0.1) is 0 Å². The summed E-state index contributed by atoms with van der Waals surface area (Å²) in [4.78, 5) is 40.0.